The summed E-state index contributed by atoms with van der Waals surface area (Å²) in [6.45, 7) is 2.81. The Labute approximate surface area is 111 Å². The molecule has 1 aromatic heterocycles. The van der Waals surface area contributed by atoms with Gasteiger partial charge in [-0.1, -0.05) is 30.3 Å². The van der Waals surface area contributed by atoms with Crippen LogP contribution >= 0.6 is 0 Å². The van der Waals surface area contributed by atoms with Gasteiger partial charge in [0.1, 0.15) is 17.1 Å². The van der Waals surface area contributed by atoms with Crippen LogP contribution in [0.25, 0.3) is 0 Å². The van der Waals surface area contributed by atoms with E-state index in [-0.39, 0.29) is 5.91 Å². The Morgan fingerprint density at radius 1 is 1.37 bits per heavy atom. The standard InChI is InChI=1S/C14H15N3O2/c1-10-15-7-12(16-10)13(18)17-14(8-19-9-14)11-5-3-2-4-6-11/h2-7H,8-9H2,1H3,(H,15,16)(H,17,18). The molecule has 1 aliphatic heterocycles. The Morgan fingerprint density at radius 2 is 2.11 bits per heavy atom. The summed E-state index contributed by atoms with van der Waals surface area (Å²) < 4.78 is 5.29. The number of amides is 1. The van der Waals surface area contributed by atoms with Crippen LogP contribution in [0, 0.1) is 6.92 Å². The second kappa shape index (κ2) is 4.51. The van der Waals surface area contributed by atoms with Crippen molar-refractivity contribution in [2.75, 3.05) is 13.2 Å². The normalized spacial score (nSPS) is 16.7. The fraction of sp³-hybridized carbons (Fsp3) is 0.286. The summed E-state index contributed by atoms with van der Waals surface area (Å²) in [5.74, 6) is 0.566. The Bertz CT molecular complexity index is 588. The molecule has 2 N–H and O–H groups in total. The predicted molar refractivity (Wildman–Crippen MR) is 69.7 cm³/mol. The van der Waals surface area contributed by atoms with Gasteiger partial charge in [-0.3, -0.25) is 4.79 Å². The number of hydrogen-bond acceptors (Lipinski definition) is 3. The number of aromatic amines is 1. The fourth-order valence-electron chi connectivity index (χ4n) is 2.20. The number of ether oxygens (including phenoxy) is 1. The summed E-state index contributed by atoms with van der Waals surface area (Å²) in [6, 6.07) is 9.88. The maximum atomic E-state index is 12.2. The van der Waals surface area contributed by atoms with Gasteiger partial charge in [0.25, 0.3) is 5.91 Å². The molecule has 2 aromatic rings. The van der Waals surface area contributed by atoms with E-state index in [9.17, 15) is 4.79 Å². The first-order valence-electron chi connectivity index (χ1n) is 6.17. The van der Waals surface area contributed by atoms with Crippen molar-refractivity contribution >= 4 is 5.91 Å². The average molecular weight is 257 g/mol. The zero-order valence-electron chi connectivity index (χ0n) is 10.6. The van der Waals surface area contributed by atoms with Crippen LogP contribution in [0.15, 0.2) is 36.5 Å². The molecule has 1 saturated heterocycles. The molecule has 0 radical (unpaired) electrons. The van der Waals surface area contributed by atoms with Gasteiger partial charge in [0.05, 0.1) is 19.4 Å². The molecule has 19 heavy (non-hydrogen) atoms. The van der Waals surface area contributed by atoms with E-state index < -0.39 is 5.54 Å². The molecule has 5 nitrogen and oxygen atoms in total. The van der Waals surface area contributed by atoms with Gasteiger partial charge in [0.2, 0.25) is 0 Å². The first-order valence-corrected chi connectivity index (χ1v) is 6.17. The van der Waals surface area contributed by atoms with Crippen LogP contribution in [0.4, 0.5) is 0 Å². The summed E-state index contributed by atoms with van der Waals surface area (Å²) in [5, 5.41) is 3.04. The predicted octanol–water partition coefficient (Wildman–Crippen LogP) is 1.37. The third-order valence-electron chi connectivity index (χ3n) is 3.32. The Morgan fingerprint density at radius 3 is 2.63 bits per heavy atom. The van der Waals surface area contributed by atoms with Crippen LogP contribution in [0.1, 0.15) is 21.9 Å². The minimum Gasteiger partial charge on any atom is -0.376 e. The average Bonchev–Trinajstić information content (AvgIpc) is 2.81. The number of rotatable bonds is 3. The maximum Gasteiger partial charge on any atom is 0.270 e. The van der Waals surface area contributed by atoms with Crippen LogP contribution in [0.3, 0.4) is 0 Å². The van der Waals surface area contributed by atoms with E-state index in [0.717, 1.165) is 11.4 Å². The van der Waals surface area contributed by atoms with Gasteiger partial charge in [-0.25, -0.2) is 4.98 Å². The summed E-state index contributed by atoms with van der Waals surface area (Å²) in [7, 11) is 0. The monoisotopic (exact) mass is 257 g/mol. The lowest BCUT2D eigenvalue weighted by Gasteiger charge is -2.42. The van der Waals surface area contributed by atoms with E-state index in [1.165, 1.54) is 0 Å². The van der Waals surface area contributed by atoms with Crippen molar-refractivity contribution in [1.29, 1.82) is 0 Å². The Hall–Kier alpha value is -2.14. The van der Waals surface area contributed by atoms with Crippen LogP contribution < -0.4 is 5.32 Å². The number of hydrogen-bond donors (Lipinski definition) is 2. The summed E-state index contributed by atoms with van der Waals surface area (Å²) in [4.78, 5) is 19.2. The van der Waals surface area contributed by atoms with Crippen molar-refractivity contribution in [3.8, 4) is 0 Å². The first-order chi connectivity index (χ1) is 9.20. The number of carbonyl (C=O) groups is 1. The highest BCUT2D eigenvalue weighted by Crippen LogP contribution is 2.29. The minimum atomic E-state index is -0.419. The van der Waals surface area contributed by atoms with Crippen molar-refractivity contribution in [2.24, 2.45) is 0 Å². The molecule has 0 aliphatic carbocycles. The number of nitrogens with zero attached hydrogens (tertiary/aromatic N) is 1. The molecule has 5 heteroatoms. The van der Waals surface area contributed by atoms with Gasteiger partial charge in [-0.15, -0.1) is 0 Å². The number of aryl methyl sites for hydroxylation is 1. The second-order valence-corrected chi connectivity index (χ2v) is 4.78. The largest absolute Gasteiger partial charge is 0.376 e. The Kier molecular flexibility index (Phi) is 2.83. The molecule has 1 amide bonds. The van der Waals surface area contributed by atoms with Gasteiger partial charge in [0.15, 0.2) is 0 Å². The topological polar surface area (TPSA) is 67.0 Å². The number of aromatic nitrogens is 2. The molecule has 0 atom stereocenters. The van der Waals surface area contributed by atoms with Gasteiger partial charge in [-0.2, -0.15) is 0 Å². The zero-order valence-corrected chi connectivity index (χ0v) is 10.6. The van der Waals surface area contributed by atoms with E-state index in [0.29, 0.717) is 18.9 Å². The maximum absolute atomic E-state index is 12.2. The van der Waals surface area contributed by atoms with Gasteiger partial charge in [0, 0.05) is 0 Å². The first kappa shape index (κ1) is 11.9. The lowest BCUT2D eigenvalue weighted by molar-refractivity contribution is -0.0734. The molecule has 1 aromatic carbocycles. The van der Waals surface area contributed by atoms with Gasteiger partial charge < -0.3 is 15.0 Å². The van der Waals surface area contributed by atoms with Crippen molar-refractivity contribution < 1.29 is 9.53 Å². The third kappa shape index (κ3) is 2.13. The third-order valence-corrected chi connectivity index (χ3v) is 3.32. The van der Waals surface area contributed by atoms with Gasteiger partial charge >= 0.3 is 0 Å². The molecule has 2 heterocycles. The summed E-state index contributed by atoms with van der Waals surface area (Å²) in [5.41, 5.74) is 1.11. The van der Waals surface area contributed by atoms with Crippen molar-refractivity contribution in [2.45, 2.75) is 12.5 Å². The zero-order chi connectivity index (χ0) is 13.3. The summed E-state index contributed by atoms with van der Waals surface area (Å²) >= 11 is 0. The van der Waals surface area contributed by atoms with Crippen molar-refractivity contribution in [3.63, 3.8) is 0 Å². The molecule has 1 aliphatic rings. The van der Waals surface area contributed by atoms with E-state index >= 15 is 0 Å². The lowest BCUT2D eigenvalue weighted by atomic mass is 9.88. The van der Waals surface area contributed by atoms with E-state index in [1.54, 1.807) is 6.20 Å². The number of carbonyl (C=O) groups excluding carboxylic acids is 1. The van der Waals surface area contributed by atoms with Crippen LogP contribution in [0.2, 0.25) is 0 Å². The molecule has 0 spiro atoms. The number of imidazole rings is 1. The number of nitrogens with one attached hydrogen (secondary N) is 2. The minimum absolute atomic E-state index is 0.159. The highest BCUT2D eigenvalue weighted by molar-refractivity contribution is 5.92. The number of H-pyrrole nitrogens is 1. The number of benzene rings is 1. The lowest BCUT2D eigenvalue weighted by Crippen LogP contribution is -2.59. The molecule has 3 rings (SSSR count). The fourth-order valence-corrected chi connectivity index (χ4v) is 2.20. The van der Waals surface area contributed by atoms with Crippen LogP contribution in [-0.2, 0) is 10.3 Å². The van der Waals surface area contributed by atoms with Crippen LogP contribution in [0.5, 0.6) is 0 Å². The van der Waals surface area contributed by atoms with E-state index in [4.69, 9.17) is 4.74 Å². The van der Waals surface area contributed by atoms with E-state index in [1.807, 2.05) is 37.3 Å². The highest BCUT2D eigenvalue weighted by atomic mass is 16.5. The molecule has 0 unspecified atom stereocenters. The van der Waals surface area contributed by atoms with Crippen LogP contribution in [-0.4, -0.2) is 29.1 Å². The SMILES string of the molecule is Cc1ncc(C(=O)NC2(c3ccccc3)COC2)[nH]1. The molecule has 98 valence electrons. The smallest absolute Gasteiger partial charge is 0.270 e. The molecule has 0 saturated carbocycles. The summed E-state index contributed by atoms with van der Waals surface area (Å²) in [6.07, 6.45) is 1.54. The second-order valence-electron chi connectivity index (χ2n) is 4.78. The van der Waals surface area contributed by atoms with Gasteiger partial charge in [-0.05, 0) is 12.5 Å². The molecule has 1 fully saturated rings. The van der Waals surface area contributed by atoms with Crippen molar-refractivity contribution in [1.82, 2.24) is 15.3 Å². The molecular weight excluding hydrogens is 242 g/mol. The van der Waals surface area contributed by atoms with E-state index in [2.05, 4.69) is 15.3 Å². The van der Waals surface area contributed by atoms with Crippen molar-refractivity contribution in [3.05, 3.63) is 53.6 Å². The molecule has 0 bridgehead atoms. The Balaban J connectivity index is 1.82. The quantitative estimate of drug-likeness (QED) is 0.872. The molecular formula is C14H15N3O2. The highest BCUT2D eigenvalue weighted by Gasteiger charge is 2.42.